The Bertz CT molecular complexity index is 1010. The highest BCUT2D eigenvalue weighted by atomic mass is 32.2. The van der Waals surface area contributed by atoms with Crippen LogP contribution in [0.2, 0.25) is 0 Å². The van der Waals surface area contributed by atoms with E-state index in [0.717, 1.165) is 23.2 Å². The molecule has 8 heteroatoms. The van der Waals surface area contributed by atoms with Gasteiger partial charge < -0.3 is 20.1 Å². The molecule has 3 aliphatic heterocycles. The van der Waals surface area contributed by atoms with Crippen molar-refractivity contribution in [3.63, 3.8) is 0 Å². The molecule has 3 saturated heterocycles. The number of esters is 1. The number of benzene rings is 1. The van der Waals surface area contributed by atoms with Gasteiger partial charge in [-0.15, -0.1) is 11.8 Å². The van der Waals surface area contributed by atoms with Gasteiger partial charge in [0.25, 0.3) is 0 Å². The van der Waals surface area contributed by atoms with Crippen molar-refractivity contribution in [1.82, 2.24) is 4.90 Å². The lowest BCUT2D eigenvalue weighted by Gasteiger charge is -2.37. The molecule has 2 unspecified atom stereocenters. The zero-order chi connectivity index (χ0) is 25.7. The maximum absolute atomic E-state index is 14.1. The van der Waals surface area contributed by atoms with E-state index in [-0.39, 0.29) is 36.9 Å². The molecule has 6 atom stereocenters. The molecule has 35 heavy (non-hydrogen) atoms. The van der Waals surface area contributed by atoms with Crippen LogP contribution in [-0.2, 0) is 19.1 Å². The minimum absolute atomic E-state index is 0.208. The van der Waals surface area contributed by atoms with E-state index in [9.17, 15) is 19.5 Å². The first kappa shape index (κ1) is 26.0. The summed E-state index contributed by atoms with van der Waals surface area (Å²) >= 11 is 1.62. The van der Waals surface area contributed by atoms with Gasteiger partial charge in [0.15, 0.2) is 0 Å². The fourth-order valence-electron chi connectivity index (χ4n) is 6.67. The van der Waals surface area contributed by atoms with Gasteiger partial charge in [-0.25, -0.2) is 0 Å². The molecule has 2 bridgehead atoms. The third-order valence-electron chi connectivity index (χ3n) is 8.08. The number of nitrogens with zero attached hydrogens (tertiary/aromatic N) is 1. The number of rotatable bonds is 8. The number of hydrogen-bond acceptors (Lipinski definition) is 6. The molecule has 2 N–H and O–H groups in total. The zero-order valence-corrected chi connectivity index (χ0v) is 22.4. The molecule has 1 aromatic carbocycles. The molecule has 0 aliphatic carbocycles. The number of ether oxygens (including phenoxy) is 1. The number of likely N-dealkylation sites (tertiary alicyclic amines) is 1. The molecule has 0 radical (unpaired) electrons. The van der Waals surface area contributed by atoms with E-state index in [1.807, 2.05) is 52.8 Å². The summed E-state index contributed by atoms with van der Waals surface area (Å²) in [5.41, 5.74) is 2.65. The Balaban J connectivity index is 1.80. The molecule has 4 rings (SSSR count). The Hall–Kier alpha value is -2.06. The molecule has 3 heterocycles. The average Bonchev–Trinajstić information content (AvgIpc) is 3.35. The van der Waals surface area contributed by atoms with Crippen LogP contribution in [0.1, 0.15) is 58.1 Å². The number of aliphatic hydroxyl groups excluding tert-OH is 1. The average molecular weight is 503 g/mol. The van der Waals surface area contributed by atoms with Crippen LogP contribution in [-0.4, -0.2) is 62.6 Å². The quantitative estimate of drug-likeness (QED) is 0.527. The SMILES string of the molecule is CCOC(=O)[C@@H]1[C@H]2C(=O)N([C@@H](CO)CC(C)C)C(C(=O)Nc3c(C)cccc3C)C23CC[C@@]1(C)S3. The lowest BCUT2D eigenvalue weighted by Crippen LogP contribution is -2.55. The van der Waals surface area contributed by atoms with E-state index in [0.29, 0.717) is 12.8 Å². The van der Waals surface area contributed by atoms with Gasteiger partial charge in [-0.3, -0.25) is 14.4 Å². The van der Waals surface area contributed by atoms with Crippen molar-refractivity contribution in [1.29, 1.82) is 0 Å². The summed E-state index contributed by atoms with van der Waals surface area (Å²) in [5, 5.41) is 13.5. The highest BCUT2D eigenvalue weighted by Crippen LogP contribution is 2.71. The minimum atomic E-state index is -0.777. The molecule has 7 nitrogen and oxygen atoms in total. The number of fused-ring (bicyclic) bond motifs is 1. The van der Waals surface area contributed by atoms with Crippen molar-refractivity contribution in [3.05, 3.63) is 29.3 Å². The first-order valence-corrected chi connectivity index (χ1v) is 13.5. The Morgan fingerprint density at radius 1 is 1.26 bits per heavy atom. The van der Waals surface area contributed by atoms with Crippen LogP contribution in [0.15, 0.2) is 18.2 Å². The van der Waals surface area contributed by atoms with Crippen molar-refractivity contribution >= 4 is 35.2 Å². The van der Waals surface area contributed by atoms with Crippen LogP contribution in [0.5, 0.6) is 0 Å². The number of anilines is 1. The van der Waals surface area contributed by atoms with Crippen molar-refractivity contribution in [3.8, 4) is 0 Å². The van der Waals surface area contributed by atoms with E-state index in [1.54, 1.807) is 23.6 Å². The predicted octanol–water partition coefficient (Wildman–Crippen LogP) is 3.69. The maximum atomic E-state index is 14.1. The third-order valence-corrected chi connectivity index (χ3v) is 10.1. The molecule has 3 aliphatic rings. The number of para-hydroxylation sites is 1. The third kappa shape index (κ3) is 4.06. The van der Waals surface area contributed by atoms with E-state index in [4.69, 9.17) is 4.74 Å². The second kappa shape index (κ2) is 9.43. The van der Waals surface area contributed by atoms with E-state index in [1.165, 1.54) is 0 Å². The Kier molecular flexibility index (Phi) is 7.01. The second-order valence-electron chi connectivity index (χ2n) is 10.9. The van der Waals surface area contributed by atoms with Crippen LogP contribution in [0, 0.1) is 31.6 Å². The number of thioether (sulfide) groups is 1. The Morgan fingerprint density at radius 3 is 2.49 bits per heavy atom. The minimum Gasteiger partial charge on any atom is -0.466 e. The number of aliphatic hydroxyl groups is 1. The van der Waals surface area contributed by atoms with E-state index >= 15 is 0 Å². The first-order valence-electron chi connectivity index (χ1n) is 12.7. The smallest absolute Gasteiger partial charge is 0.311 e. The van der Waals surface area contributed by atoms with Crippen LogP contribution in [0.3, 0.4) is 0 Å². The van der Waals surface area contributed by atoms with Gasteiger partial charge in [-0.05, 0) is 64.0 Å². The summed E-state index contributed by atoms with van der Waals surface area (Å²) in [6, 6.07) is 4.58. The van der Waals surface area contributed by atoms with Gasteiger partial charge in [0, 0.05) is 10.4 Å². The summed E-state index contributed by atoms with van der Waals surface area (Å²) < 4.78 is 4.25. The summed E-state index contributed by atoms with van der Waals surface area (Å²) in [5.74, 6) is -1.83. The zero-order valence-electron chi connectivity index (χ0n) is 21.6. The summed E-state index contributed by atoms with van der Waals surface area (Å²) in [6.07, 6.45) is 1.98. The van der Waals surface area contributed by atoms with Gasteiger partial charge in [-0.1, -0.05) is 32.0 Å². The van der Waals surface area contributed by atoms with E-state index in [2.05, 4.69) is 5.32 Å². The highest BCUT2D eigenvalue weighted by Gasteiger charge is 2.78. The van der Waals surface area contributed by atoms with E-state index < -0.39 is 33.4 Å². The molecule has 2 amide bonds. The molecule has 0 aromatic heterocycles. The summed E-state index contributed by atoms with van der Waals surface area (Å²) in [6.45, 7) is 11.8. The van der Waals surface area contributed by atoms with Gasteiger partial charge >= 0.3 is 5.97 Å². The Morgan fingerprint density at radius 2 is 1.91 bits per heavy atom. The van der Waals surface area contributed by atoms with Crippen molar-refractivity contribution < 1.29 is 24.2 Å². The van der Waals surface area contributed by atoms with Gasteiger partial charge in [-0.2, -0.15) is 0 Å². The van der Waals surface area contributed by atoms with Crippen LogP contribution in [0.25, 0.3) is 0 Å². The van der Waals surface area contributed by atoms with Gasteiger partial charge in [0.05, 0.1) is 35.8 Å². The fourth-order valence-corrected chi connectivity index (χ4v) is 9.00. The number of hydrogen-bond donors (Lipinski definition) is 2. The molecule has 3 fully saturated rings. The molecule has 1 aromatic rings. The monoisotopic (exact) mass is 502 g/mol. The molecule has 192 valence electrons. The number of carbonyl (C=O) groups excluding carboxylic acids is 3. The molecule has 1 spiro atoms. The van der Waals surface area contributed by atoms with Gasteiger partial charge in [0.1, 0.15) is 6.04 Å². The number of aryl methyl sites for hydroxylation is 2. The molecule has 0 saturated carbocycles. The van der Waals surface area contributed by atoms with Crippen molar-refractivity contribution in [2.45, 2.75) is 82.4 Å². The lowest BCUT2D eigenvalue weighted by atomic mass is 9.66. The number of nitrogens with one attached hydrogen (secondary N) is 1. The predicted molar refractivity (Wildman–Crippen MR) is 137 cm³/mol. The fraction of sp³-hybridized carbons (Fsp3) is 0.667. The van der Waals surface area contributed by atoms with Crippen LogP contribution < -0.4 is 5.32 Å². The maximum Gasteiger partial charge on any atom is 0.311 e. The lowest BCUT2D eigenvalue weighted by molar-refractivity contribution is -0.155. The first-order chi connectivity index (χ1) is 16.5. The molecular weight excluding hydrogens is 464 g/mol. The molecular formula is C27H38N2O5S. The highest BCUT2D eigenvalue weighted by molar-refractivity contribution is 8.02. The number of amides is 2. The summed E-state index contributed by atoms with van der Waals surface area (Å²) in [4.78, 5) is 43.0. The van der Waals surface area contributed by atoms with Gasteiger partial charge in [0.2, 0.25) is 11.8 Å². The summed E-state index contributed by atoms with van der Waals surface area (Å²) in [7, 11) is 0. The van der Waals surface area contributed by atoms with Crippen LogP contribution >= 0.6 is 11.8 Å². The second-order valence-corrected chi connectivity index (χ2v) is 12.8. The standard InChI is InChI=1S/C27H38N2O5S/c1-7-34-25(33)20-19-24(32)29(18(14-30)13-15(2)3)22(27(19)12-11-26(20,6)35-27)23(31)28-21-16(4)9-8-10-17(21)5/h8-10,15,18-20,22,30H,7,11-14H2,1-6H3,(H,28,31)/t18-,19+,20+,22?,26-,27?/m1/s1. The van der Waals surface area contributed by atoms with Crippen LogP contribution in [0.4, 0.5) is 5.69 Å². The largest absolute Gasteiger partial charge is 0.466 e. The topological polar surface area (TPSA) is 95.9 Å². The Labute approximate surface area is 212 Å². The van der Waals surface area contributed by atoms with Crippen molar-refractivity contribution in [2.75, 3.05) is 18.5 Å². The number of carbonyl (C=O) groups is 3. The van der Waals surface area contributed by atoms with Crippen molar-refractivity contribution in [2.24, 2.45) is 17.8 Å². The normalized spacial score (nSPS) is 32.2.